The van der Waals surface area contributed by atoms with Gasteiger partial charge in [-0.3, -0.25) is 4.98 Å². The molecule has 0 aliphatic carbocycles. The van der Waals surface area contributed by atoms with Gasteiger partial charge in [-0.15, -0.1) is 0 Å². The van der Waals surface area contributed by atoms with E-state index in [9.17, 15) is 5.11 Å². The molecule has 2 heterocycles. The highest BCUT2D eigenvalue weighted by Crippen LogP contribution is 2.26. The van der Waals surface area contributed by atoms with Crippen LogP contribution in [-0.2, 0) is 6.42 Å². The van der Waals surface area contributed by atoms with E-state index in [1.165, 1.54) is 5.56 Å². The van der Waals surface area contributed by atoms with Crippen LogP contribution in [0.2, 0.25) is 0 Å². The van der Waals surface area contributed by atoms with Crippen molar-refractivity contribution in [3.63, 3.8) is 0 Å². The minimum absolute atomic E-state index is 0.457. The molecule has 3 aromatic rings. The van der Waals surface area contributed by atoms with E-state index in [4.69, 9.17) is 4.42 Å². The number of aliphatic hydroxyl groups is 1. The van der Waals surface area contributed by atoms with Crippen LogP contribution in [0.1, 0.15) is 28.7 Å². The number of benzene rings is 1. The Morgan fingerprint density at radius 1 is 1.10 bits per heavy atom. The molecule has 2 aromatic heterocycles. The Balaban J connectivity index is 1.84. The molecule has 1 aromatic carbocycles. The van der Waals surface area contributed by atoms with Gasteiger partial charge in [-0.25, -0.2) is 0 Å². The van der Waals surface area contributed by atoms with Gasteiger partial charge in [0.1, 0.15) is 17.4 Å². The maximum absolute atomic E-state index is 10.3. The Kier molecular flexibility index (Phi) is 3.28. The Labute approximate surface area is 117 Å². The number of pyridine rings is 1. The van der Waals surface area contributed by atoms with E-state index in [-0.39, 0.29) is 0 Å². The Morgan fingerprint density at radius 3 is 2.65 bits per heavy atom. The third-order valence-electron chi connectivity index (χ3n) is 3.39. The molecule has 0 spiro atoms. The summed E-state index contributed by atoms with van der Waals surface area (Å²) >= 11 is 0. The number of hydrogen-bond acceptors (Lipinski definition) is 3. The van der Waals surface area contributed by atoms with Crippen LogP contribution in [0.25, 0.3) is 11.0 Å². The number of hydrogen-bond donors (Lipinski definition) is 1. The highest BCUT2D eigenvalue weighted by Gasteiger charge is 2.14. The zero-order valence-corrected chi connectivity index (χ0v) is 11.6. The summed E-state index contributed by atoms with van der Waals surface area (Å²) in [6, 6.07) is 11.8. The van der Waals surface area contributed by atoms with E-state index in [0.717, 1.165) is 22.2 Å². The van der Waals surface area contributed by atoms with Crippen LogP contribution in [-0.4, -0.2) is 10.1 Å². The molecule has 1 atom stereocenters. The van der Waals surface area contributed by atoms with Crippen molar-refractivity contribution >= 4 is 11.0 Å². The number of fused-ring (bicyclic) bond motifs is 1. The fraction of sp³-hybridized carbons (Fsp3) is 0.235. The van der Waals surface area contributed by atoms with Crippen molar-refractivity contribution in [2.75, 3.05) is 0 Å². The van der Waals surface area contributed by atoms with Crippen LogP contribution in [0.15, 0.2) is 47.0 Å². The molecule has 0 aliphatic heterocycles. The minimum atomic E-state index is -0.669. The maximum atomic E-state index is 10.3. The van der Waals surface area contributed by atoms with Crippen LogP contribution in [0.5, 0.6) is 0 Å². The second kappa shape index (κ2) is 5.10. The van der Waals surface area contributed by atoms with Crippen molar-refractivity contribution in [2.24, 2.45) is 0 Å². The van der Waals surface area contributed by atoms with Crippen molar-refractivity contribution < 1.29 is 9.52 Å². The quantitative estimate of drug-likeness (QED) is 0.786. The standard InChI is InChI=1S/C17H17NO2/c1-11-4-6-16-13(7-11)8-17(20-16)15(19)9-14-5-3-12(2)10-18-14/h3-8,10,15,19H,9H2,1-2H3. The van der Waals surface area contributed by atoms with E-state index < -0.39 is 6.10 Å². The zero-order valence-electron chi connectivity index (χ0n) is 11.6. The molecule has 0 radical (unpaired) electrons. The van der Waals surface area contributed by atoms with Crippen molar-refractivity contribution in [3.8, 4) is 0 Å². The largest absolute Gasteiger partial charge is 0.458 e. The van der Waals surface area contributed by atoms with Crippen molar-refractivity contribution in [1.82, 2.24) is 4.98 Å². The molecule has 0 amide bonds. The summed E-state index contributed by atoms with van der Waals surface area (Å²) in [7, 11) is 0. The molecule has 3 heteroatoms. The van der Waals surface area contributed by atoms with Crippen molar-refractivity contribution in [1.29, 1.82) is 0 Å². The van der Waals surface area contributed by atoms with Crippen LogP contribution < -0.4 is 0 Å². The Hall–Kier alpha value is -2.13. The van der Waals surface area contributed by atoms with E-state index >= 15 is 0 Å². The van der Waals surface area contributed by atoms with Crippen LogP contribution >= 0.6 is 0 Å². The number of nitrogens with zero attached hydrogens (tertiary/aromatic N) is 1. The molecular weight excluding hydrogens is 250 g/mol. The summed E-state index contributed by atoms with van der Waals surface area (Å²) in [5.41, 5.74) is 3.96. The minimum Gasteiger partial charge on any atom is -0.458 e. The predicted octanol–water partition coefficient (Wildman–Crippen LogP) is 3.72. The first-order valence-electron chi connectivity index (χ1n) is 6.71. The first-order valence-corrected chi connectivity index (χ1v) is 6.71. The first-order chi connectivity index (χ1) is 9.61. The number of furan rings is 1. The maximum Gasteiger partial charge on any atom is 0.134 e. The fourth-order valence-corrected chi connectivity index (χ4v) is 2.27. The smallest absolute Gasteiger partial charge is 0.134 e. The first kappa shape index (κ1) is 12.9. The van der Waals surface area contributed by atoms with Gasteiger partial charge in [0.25, 0.3) is 0 Å². The molecular formula is C17H17NO2. The lowest BCUT2D eigenvalue weighted by Crippen LogP contribution is -2.02. The molecule has 3 rings (SSSR count). The number of aliphatic hydroxyl groups excluding tert-OH is 1. The van der Waals surface area contributed by atoms with Gasteiger partial charge in [0.2, 0.25) is 0 Å². The van der Waals surface area contributed by atoms with Crippen LogP contribution in [0.4, 0.5) is 0 Å². The number of rotatable bonds is 3. The molecule has 0 saturated heterocycles. The van der Waals surface area contributed by atoms with Crippen LogP contribution in [0, 0.1) is 13.8 Å². The second-order valence-corrected chi connectivity index (χ2v) is 5.24. The van der Waals surface area contributed by atoms with Gasteiger partial charge in [-0.1, -0.05) is 17.7 Å². The number of aryl methyl sites for hydroxylation is 2. The average Bonchev–Trinajstić information content (AvgIpc) is 2.84. The Morgan fingerprint density at radius 2 is 1.90 bits per heavy atom. The summed E-state index contributed by atoms with van der Waals surface area (Å²) in [6.07, 6.45) is 1.60. The van der Waals surface area contributed by atoms with Gasteiger partial charge in [-0.2, -0.15) is 0 Å². The number of aromatic nitrogens is 1. The third kappa shape index (κ3) is 2.58. The molecule has 3 nitrogen and oxygen atoms in total. The highest BCUT2D eigenvalue weighted by molar-refractivity contribution is 5.78. The molecule has 20 heavy (non-hydrogen) atoms. The third-order valence-corrected chi connectivity index (χ3v) is 3.39. The van der Waals surface area contributed by atoms with Gasteiger partial charge in [-0.05, 0) is 43.7 Å². The van der Waals surface area contributed by atoms with E-state index in [2.05, 4.69) is 11.1 Å². The van der Waals surface area contributed by atoms with E-state index in [0.29, 0.717) is 12.2 Å². The molecule has 1 unspecified atom stereocenters. The van der Waals surface area contributed by atoms with E-state index in [1.807, 2.05) is 50.4 Å². The van der Waals surface area contributed by atoms with Gasteiger partial charge < -0.3 is 9.52 Å². The summed E-state index contributed by atoms with van der Waals surface area (Å²) in [5.74, 6) is 0.591. The van der Waals surface area contributed by atoms with Gasteiger partial charge >= 0.3 is 0 Å². The van der Waals surface area contributed by atoms with Crippen LogP contribution in [0.3, 0.4) is 0 Å². The summed E-state index contributed by atoms with van der Waals surface area (Å²) in [4.78, 5) is 4.31. The van der Waals surface area contributed by atoms with Crippen molar-refractivity contribution in [3.05, 3.63) is 65.2 Å². The van der Waals surface area contributed by atoms with Gasteiger partial charge in [0, 0.05) is 23.7 Å². The van der Waals surface area contributed by atoms with Crippen molar-refractivity contribution in [2.45, 2.75) is 26.4 Å². The normalized spacial score (nSPS) is 12.8. The van der Waals surface area contributed by atoms with Gasteiger partial charge in [0.05, 0.1) is 0 Å². The topological polar surface area (TPSA) is 46.3 Å². The Bertz CT molecular complexity index is 728. The van der Waals surface area contributed by atoms with E-state index in [1.54, 1.807) is 0 Å². The second-order valence-electron chi connectivity index (χ2n) is 5.24. The lowest BCUT2D eigenvalue weighted by Gasteiger charge is -2.06. The molecule has 0 saturated carbocycles. The summed E-state index contributed by atoms with van der Waals surface area (Å²) in [6.45, 7) is 4.04. The lowest BCUT2D eigenvalue weighted by atomic mass is 10.1. The lowest BCUT2D eigenvalue weighted by molar-refractivity contribution is 0.151. The summed E-state index contributed by atoms with van der Waals surface area (Å²) < 4.78 is 5.70. The zero-order chi connectivity index (χ0) is 14.1. The molecule has 0 fully saturated rings. The molecule has 102 valence electrons. The molecule has 1 N–H and O–H groups in total. The predicted molar refractivity (Wildman–Crippen MR) is 78.6 cm³/mol. The van der Waals surface area contributed by atoms with Gasteiger partial charge in [0.15, 0.2) is 0 Å². The fourth-order valence-electron chi connectivity index (χ4n) is 2.27. The summed E-state index contributed by atoms with van der Waals surface area (Å²) in [5, 5.41) is 11.3. The monoisotopic (exact) mass is 267 g/mol. The molecule has 0 aliphatic rings. The SMILES string of the molecule is Cc1ccc(CC(O)c2cc3cc(C)ccc3o2)nc1. The molecule has 0 bridgehead atoms. The highest BCUT2D eigenvalue weighted by atomic mass is 16.4. The average molecular weight is 267 g/mol.